The first-order valence-corrected chi connectivity index (χ1v) is 4.14. The molecule has 1 aliphatic heterocycles. The molecule has 0 amide bonds. The van der Waals surface area contributed by atoms with Gasteiger partial charge >= 0.3 is 5.97 Å². The average molecular weight is 175 g/mol. The van der Waals surface area contributed by atoms with Gasteiger partial charge in [0.1, 0.15) is 6.17 Å². The zero-order chi connectivity index (χ0) is 9.14. The number of piperidine rings is 1. The van der Waals surface area contributed by atoms with Gasteiger partial charge in [0, 0.05) is 12.5 Å². The molecule has 0 bridgehead atoms. The van der Waals surface area contributed by atoms with E-state index in [1.165, 1.54) is 0 Å². The lowest BCUT2D eigenvalue weighted by molar-refractivity contribution is -0.139. The van der Waals surface area contributed by atoms with Crippen LogP contribution in [0.4, 0.5) is 4.39 Å². The van der Waals surface area contributed by atoms with E-state index >= 15 is 0 Å². The van der Waals surface area contributed by atoms with Gasteiger partial charge in [0.2, 0.25) is 0 Å². The van der Waals surface area contributed by atoms with Crippen LogP contribution in [0.1, 0.15) is 12.8 Å². The lowest BCUT2D eigenvalue weighted by Gasteiger charge is -2.31. The lowest BCUT2D eigenvalue weighted by Crippen LogP contribution is -2.40. The van der Waals surface area contributed by atoms with Crippen LogP contribution in [0.2, 0.25) is 0 Å². The van der Waals surface area contributed by atoms with Crippen molar-refractivity contribution in [2.24, 2.45) is 5.92 Å². The normalized spacial score (nSPS) is 31.8. The van der Waals surface area contributed by atoms with Gasteiger partial charge in [-0.05, 0) is 20.0 Å². The molecule has 1 heterocycles. The van der Waals surface area contributed by atoms with Crippen LogP contribution >= 0.6 is 0 Å². The Hall–Kier alpha value is -0.640. The van der Waals surface area contributed by atoms with E-state index in [2.05, 4.69) is 0 Å². The van der Waals surface area contributed by atoms with Crippen LogP contribution in [0.15, 0.2) is 0 Å². The molecule has 1 saturated heterocycles. The number of carboxylic acid groups (broad SMARTS) is 1. The van der Waals surface area contributed by atoms with Gasteiger partial charge in [0.25, 0.3) is 0 Å². The molecular weight excluding hydrogens is 161 g/mol. The molecule has 0 aromatic heterocycles. The molecule has 0 spiro atoms. The Balaban J connectivity index is 2.39. The number of carboxylic acids is 1. The van der Waals surface area contributed by atoms with E-state index in [0.717, 1.165) is 6.54 Å². The second kappa shape index (κ2) is 3.85. The minimum absolute atomic E-state index is 0.0327. The van der Waals surface area contributed by atoms with Gasteiger partial charge < -0.3 is 10.0 Å². The molecule has 0 aliphatic carbocycles. The Kier molecular flexibility index (Phi) is 3.03. The summed E-state index contributed by atoms with van der Waals surface area (Å²) in [6.07, 6.45) is -0.348. The number of alkyl halides is 1. The summed E-state index contributed by atoms with van der Waals surface area (Å²) in [5.74, 6) is -1.18. The minimum Gasteiger partial charge on any atom is -0.481 e. The maximum atomic E-state index is 13.2. The topological polar surface area (TPSA) is 40.5 Å². The van der Waals surface area contributed by atoms with E-state index in [4.69, 9.17) is 5.11 Å². The van der Waals surface area contributed by atoms with E-state index in [0.29, 0.717) is 13.0 Å². The second-order valence-electron chi connectivity index (χ2n) is 3.42. The number of hydrogen-bond donors (Lipinski definition) is 1. The number of nitrogens with zero attached hydrogens (tertiary/aromatic N) is 1. The number of hydrogen-bond acceptors (Lipinski definition) is 2. The third-order valence-electron chi connectivity index (χ3n) is 2.32. The SMILES string of the molecule is CN1CC[C@H](CC(=O)O)[C@H](F)C1. The molecule has 2 atom stereocenters. The fourth-order valence-electron chi connectivity index (χ4n) is 1.56. The van der Waals surface area contributed by atoms with E-state index in [-0.39, 0.29) is 12.3 Å². The summed E-state index contributed by atoms with van der Waals surface area (Å²) in [4.78, 5) is 12.2. The Labute approximate surface area is 71.2 Å². The molecule has 70 valence electrons. The number of halogens is 1. The average Bonchev–Trinajstić information content (AvgIpc) is 1.94. The fourth-order valence-corrected chi connectivity index (χ4v) is 1.56. The van der Waals surface area contributed by atoms with E-state index in [1.54, 1.807) is 0 Å². The van der Waals surface area contributed by atoms with Crippen molar-refractivity contribution >= 4 is 5.97 Å². The standard InChI is InChI=1S/C8H14FNO2/c1-10-3-2-6(4-8(11)12)7(9)5-10/h6-7H,2-5H2,1H3,(H,11,12)/t6-,7-/m1/s1. The molecule has 0 aromatic rings. The summed E-state index contributed by atoms with van der Waals surface area (Å²) < 4.78 is 13.2. The third-order valence-corrected chi connectivity index (χ3v) is 2.32. The lowest BCUT2D eigenvalue weighted by atomic mass is 9.92. The Bertz CT molecular complexity index is 174. The van der Waals surface area contributed by atoms with E-state index in [1.807, 2.05) is 11.9 Å². The van der Waals surface area contributed by atoms with E-state index < -0.39 is 12.1 Å². The molecule has 0 aromatic carbocycles. The van der Waals surface area contributed by atoms with Crippen LogP contribution in [0.25, 0.3) is 0 Å². The summed E-state index contributed by atoms with van der Waals surface area (Å²) in [6, 6.07) is 0. The smallest absolute Gasteiger partial charge is 0.303 e. The Morgan fingerprint density at radius 1 is 1.75 bits per heavy atom. The maximum Gasteiger partial charge on any atom is 0.303 e. The highest BCUT2D eigenvalue weighted by atomic mass is 19.1. The van der Waals surface area contributed by atoms with Gasteiger partial charge in [-0.15, -0.1) is 0 Å². The number of carbonyl (C=O) groups is 1. The quantitative estimate of drug-likeness (QED) is 0.673. The summed E-state index contributed by atoms with van der Waals surface area (Å²) in [5, 5.41) is 8.47. The van der Waals surface area contributed by atoms with Crippen LogP contribution in [-0.2, 0) is 4.79 Å². The van der Waals surface area contributed by atoms with Crippen molar-refractivity contribution in [3.8, 4) is 0 Å². The maximum absolute atomic E-state index is 13.2. The number of likely N-dealkylation sites (tertiary alicyclic amines) is 1. The van der Waals surface area contributed by atoms with Gasteiger partial charge in [0.05, 0.1) is 6.42 Å². The molecule has 1 fully saturated rings. The zero-order valence-corrected chi connectivity index (χ0v) is 7.16. The Morgan fingerprint density at radius 3 is 2.92 bits per heavy atom. The molecule has 4 heteroatoms. The molecule has 1 aliphatic rings. The minimum atomic E-state index is -0.972. The molecule has 0 unspecified atom stereocenters. The van der Waals surface area contributed by atoms with Gasteiger partial charge in [-0.2, -0.15) is 0 Å². The highest BCUT2D eigenvalue weighted by molar-refractivity contribution is 5.67. The molecule has 0 radical (unpaired) electrons. The second-order valence-corrected chi connectivity index (χ2v) is 3.42. The molecule has 0 saturated carbocycles. The predicted molar refractivity (Wildman–Crippen MR) is 42.8 cm³/mol. The van der Waals surface area contributed by atoms with Crippen LogP contribution in [-0.4, -0.2) is 42.3 Å². The highest BCUT2D eigenvalue weighted by Crippen LogP contribution is 2.22. The van der Waals surface area contributed by atoms with Gasteiger partial charge in [-0.3, -0.25) is 4.79 Å². The number of aliphatic carboxylic acids is 1. The van der Waals surface area contributed by atoms with Crippen molar-refractivity contribution in [3.63, 3.8) is 0 Å². The van der Waals surface area contributed by atoms with Crippen LogP contribution in [0.5, 0.6) is 0 Å². The van der Waals surface area contributed by atoms with Crippen LogP contribution in [0.3, 0.4) is 0 Å². The van der Waals surface area contributed by atoms with Crippen molar-refractivity contribution in [1.82, 2.24) is 4.90 Å². The van der Waals surface area contributed by atoms with Crippen molar-refractivity contribution in [2.75, 3.05) is 20.1 Å². The molecule has 1 rings (SSSR count). The van der Waals surface area contributed by atoms with Gasteiger partial charge in [0.15, 0.2) is 0 Å². The van der Waals surface area contributed by atoms with Crippen molar-refractivity contribution in [1.29, 1.82) is 0 Å². The monoisotopic (exact) mass is 175 g/mol. The van der Waals surface area contributed by atoms with E-state index in [9.17, 15) is 9.18 Å². The van der Waals surface area contributed by atoms with Crippen LogP contribution in [0, 0.1) is 5.92 Å². The Morgan fingerprint density at radius 2 is 2.42 bits per heavy atom. The summed E-state index contributed by atoms with van der Waals surface area (Å²) in [6.45, 7) is 1.18. The number of rotatable bonds is 2. The van der Waals surface area contributed by atoms with Crippen molar-refractivity contribution in [3.05, 3.63) is 0 Å². The van der Waals surface area contributed by atoms with Crippen molar-refractivity contribution in [2.45, 2.75) is 19.0 Å². The molecule has 1 N–H and O–H groups in total. The highest BCUT2D eigenvalue weighted by Gasteiger charge is 2.28. The first-order chi connectivity index (χ1) is 5.59. The van der Waals surface area contributed by atoms with Gasteiger partial charge in [-0.25, -0.2) is 4.39 Å². The zero-order valence-electron chi connectivity index (χ0n) is 7.16. The fraction of sp³-hybridized carbons (Fsp3) is 0.875. The summed E-state index contributed by atoms with van der Waals surface area (Å²) >= 11 is 0. The van der Waals surface area contributed by atoms with Gasteiger partial charge in [-0.1, -0.05) is 0 Å². The van der Waals surface area contributed by atoms with Crippen LogP contribution < -0.4 is 0 Å². The molecule has 3 nitrogen and oxygen atoms in total. The summed E-state index contributed by atoms with van der Waals surface area (Å²) in [7, 11) is 1.85. The van der Waals surface area contributed by atoms with Crippen molar-refractivity contribution < 1.29 is 14.3 Å². The predicted octanol–water partition coefficient (Wildman–Crippen LogP) is 0.751. The summed E-state index contributed by atoms with van der Waals surface area (Å²) in [5.41, 5.74) is 0. The first kappa shape index (κ1) is 9.45. The third kappa shape index (κ3) is 2.44. The largest absolute Gasteiger partial charge is 0.481 e. The molecular formula is C8H14FNO2. The molecule has 12 heavy (non-hydrogen) atoms. The first-order valence-electron chi connectivity index (χ1n) is 4.14.